The van der Waals surface area contributed by atoms with E-state index in [1.54, 1.807) is 6.07 Å². The average molecular weight is 474 g/mol. The van der Waals surface area contributed by atoms with Crippen molar-refractivity contribution in [1.82, 2.24) is 5.32 Å². The molecule has 2 heterocycles. The zero-order valence-electron chi connectivity index (χ0n) is 19.4. The van der Waals surface area contributed by atoms with Crippen LogP contribution in [0.25, 0.3) is 0 Å². The Hall–Kier alpha value is -3.15. The first-order chi connectivity index (χ1) is 16.4. The Morgan fingerprint density at radius 2 is 1.79 bits per heavy atom. The first-order valence-corrected chi connectivity index (χ1v) is 12.1. The quantitative estimate of drug-likeness (QED) is 0.497. The summed E-state index contributed by atoms with van der Waals surface area (Å²) < 4.78 is 0. The minimum absolute atomic E-state index is 0.0298. The van der Waals surface area contributed by atoms with E-state index in [9.17, 15) is 9.59 Å². The van der Waals surface area contributed by atoms with Crippen LogP contribution in [0.5, 0.6) is 0 Å². The van der Waals surface area contributed by atoms with Gasteiger partial charge in [0.1, 0.15) is 0 Å². The van der Waals surface area contributed by atoms with Gasteiger partial charge in [-0.25, -0.2) is 0 Å². The van der Waals surface area contributed by atoms with E-state index in [1.165, 1.54) is 0 Å². The highest BCUT2D eigenvalue weighted by molar-refractivity contribution is 6.30. The van der Waals surface area contributed by atoms with Crippen LogP contribution >= 0.6 is 11.6 Å². The summed E-state index contributed by atoms with van der Waals surface area (Å²) in [5.41, 5.74) is 5.71. The van der Waals surface area contributed by atoms with E-state index in [1.807, 2.05) is 73.3 Å². The number of nitrogens with one attached hydrogen (secondary N) is 2. The van der Waals surface area contributed by atoms with Crippen molar-refractivity contribution in [2.45, 2.75) is 32.7 Å². The van der Waals surface area contributed by atoms with Gasteiger partial charge in [0, 0.05) is 40.1 Å². The number of aryl methyl sites for hydroxylation is 2. The summed E-state index contributed by atoms with van der Waals surface area (Å²) in [6.45, 7) is 5.48. The molecule has 0 bridgehead atoms. The second-order valence-electron chi connectivity index (χ2n) is 9.23. The van der Waals surface area contributed by atoms with Crippen LogP contribution in [-0.4, -0.2) is 24.9 Å². The molecule has 0 radical (unpaired) electrons. The zero-order chi connectivity index (χ0) is 23.8. The lowest BCUT2D eigenvalue weighted by Crippen LogP contribution is -2.32. The van der Waals surface area contributed by atoms with Crippen molar-refractivity contribution in [3.8, 4) is 0 Å². The minimum atomic E-state index is -0.158. The number of hydrogen-bond donors (Lipinski definition) is 2. The van der Waals surface area contributed by atoms with Crippen molar-refractivity contribution in [3.05, 3.63) is 93.5 Å². The van der Waals surface area contributed by atoms with Gasteiger partial charge in [0.2, 0.25) is 0 Å². The number of halogens is 1. The minimum Gasteiger partial charge on any atom is -0.322 e. The van der Waals surface area contributed by atoms with E-state index in [0.717, 1.165) is 41.8 Å². The number of amides is 2. The van der Waals surface area contributed by atoms with Gasteiger partial charge in [-0.3, -0.25) is 9.59 Å². The fraction of sp³-hybridized carbons (Fsp3) is 0.286. The summed E-state index contributed by atoms with van der Waals surface area (Å²) in [6.07, 6.45) is 2.05. The number of nitrogens with zero attached hydrogens (tertiary/aromatic N) is 1. The van der Waals surface area contributed by atoms with Gasteiger partial charge in [0.15, 0.2) is 0 Å². The highest BCUT2D eigenvalue weighted by atomic mass is 35.5. The topological polar surface area (TPSA) is 61.4 Å². The summed E-state index contributed by atoms with van der Waals surface area (Å²) in [5.74, 6) is 0.307. The SMILES string of the molecule is Cc1ccccc1C(=O)Nc1ccc(C(=O)N2CCC3CCNC3c3cc(Cl)ccc32)c(C)c1. The molecular weight excluding hydrogens is 446 g/mol. The maximum atomic E-state index is 13.7. The highest BCUT2D eigenvalue weighted by Gasteiger charge is 2.36. The molecule has 0 saturated carbocycles. The maximum Gasteiger partial charge on any atom is 0.258 e. The first kappa shape index (κ1) is 22.6. The van der Waals surface area contributed by atoms with Crippen LogP contribution in [0.15, 0.2) is 60.7 Å². The Kier molecular flexibility index (Phi) is 6.15. The predicted octanol–water partition coefficient (Wildman–Crippen LogP) is 5.91. The van der Waals surface area contributed by atoms with E-state index in [-0.39, 0.29) is 17.9 Å². The third-order valence-electron chi connectivity index (χ3n) is 7.04. The van der Waals surface area contributed by atoms with Crippen molar-refractivity contribution < 1.29 is 9.59 Å². The summed E-state index contributed by atoms with van der Waals surface area (Å²) in [6, 6.07) is 19.0. The van der Waals surface area contributed by atoms with E-state index in [4.69, 9.17) is 11.6 Å². The van der Waals surface area contributed by atoms with E-state index >= 15 is 0 Å². The average Bonchev–Trinajstić information content (AvgIpc) is 3.23. The van der Waals surface area contributed by atoms with Gasteiger partial charge in [0.05, 0.1) is 0 Å². The number of hydrogen-bond acceptors (Lipinski definition) is 3. The van der Waals surface area contributed by atoms with E-state index in [0.29, 0.717) is 34.3 Å². The third kappa shape index (κ3) is 4.22. The molecule has 3 aromatic carbocycles. The van der Waals surface area contributed by atoms with Crippen LogP contribution in [-0.2, 0) is 0 Å². The Morgan fingerprint density at radius 1 is 0.971 bits per heavy atom. The number of anilines is 2. The van der Waals surface area contributed by atoms with Gasteiger partial charge < -0.3 is 15.5 Å². The summed E-state index contributed by atoms with van der Waals surface area (Å²) in [7, 11) is 0. The number of benzene rings is 3. The lowest BCUT2D eigenvalue weighted by atomic mass is 9.92. The Labute approximate surface area is 205 Å². The molecule has 0 spiro atoms. The van der Waals surface area contributed by atoms with Crippen LogP contribution < -0.4 is 15.5 Å². The van der Waals surface area contributed by atoms with Crippen LogP contribution in [0.4, 0.5) is 11.4 Å². The largest absolute Gasteiger partial charge is 0.322 e. The van der Waals surface area contributed by atoms with Crippen molar-refractivity contribution in [2.75, 3.05) is 23.3 Å². The molecule has 2 atom stereocenters. The molecule has 0 aromatic heterocycles. The first-order valence-electron chi connectivity index (χ1n) is 11.7. The van der Waals surface area contributed by atoms with E-state index in [2.05, 4.69) is 10.6 Å². The molecule has 2 N–H and O–H groups in total. The lowest BCUT2D eigenvalue weighted by molar-refractivity contribution is 0.0984. The Balaban J connectivity index is 1.41. The van der Waals surface area contributed by atoms with Gasteiger partial charge in [-0.05, 0) is 98.3 Å². The van der Waals surface area contributed by atoms with Crippen LogP contribution in [0.1, 0.15) is 56.3 Å². The normalized spacial score (nSPS) is 19.2. The summed E-state index contributed by atoms with van der Waals surface area (Å²) >= 11 is 6.34. The molecule has 3 aromatic rings. The molecule has 2 aliphatic heterocycles. The standard InChI is InChI=1S/C28H28ClN3O2/c1-17-5-3-4-6-22(17)27(33)31-21-8-9-23(18(2)15-21)28(34)32-14-12-19-11-13-30-26(19)24-16-20(29)7-10-25(24)32/h3-10,15-16,19,26,30H,11-14H2,1-2H3,(H,31,33). The maximum absolute atomic E-state index is 13.7. The van der Waals surface area contributed by atoms with Gasteiger partial charge in [-0.2, -0.15) is 0 Å². The van der Waals surface area contributed by atoms with Crippen molar-refractivity contribution in [1.29, 1.82) is 0 Å². The van der Waals surface area contributed by atoms with Gasteiger partial charge in [-0.1, -0.05) is 29.8 Å². The Bertz CT molecular complexity index is 1270. The number of rotatable bonds is 3. The highest BCUT2D eigenvalue weighted by Crippen LogP contribution is 2.42. The molecule has 2 unspecified atom stereocenters. The van der Waals surface area contributed by atoms with Crippen LogP contribution in [0.2, 0.25) is 5.02 Å². The molecule has 174 valence electrons. The molecular formula is C28H28ClN3O2. The second kappa shape index (κ2) is 9.24. The predicted molar refractivity (Wildman–Crippen MR) is 137 cm³/mol. The molecule has 0 aliphatic carbocycles. The fourth-order valence-corrected chi connectivity index (χ4v) is 5.41. The van der Waals surface area contributed by atoms with E-state index < -0.39 is 0 Å². The zero-order valence-corrected chi connectivity index (χ0v) is 20.2. The van der Waals surface area contributed by atoms with Crippen LogP contribution in [0, 0.1) is 19.8 Å². The lowest BCUT2D eigenvalue weighted by Gasteiger charge is -2.25. The molecule has 5 rings (SSSR count). The number of carbonyl (C=O) groups is 2. The van der Waals surface area contributed by atoms with Crippen molar-refractivity contribution in [2.24, 2.45) is 5.92 Å². The molecule has 1 saturated heterocycles. The number of fused-ring (bicyclic) bond motifs is 3. The monoisotopic (exact) mass is 473 g/mol. The molecule has 2 aliphatic rings. The smallest absolute Gasteiger partial charge is 0.258 e. The number of carbonyl (C=O) groups excluding carboxylic acids is 2. The van der Waals surface area contributed by atoms with Crippen molar-refractivity contribution in [3.63, 3.8) is 0 Å². The molecule has 1 fully saturated rings. The molecule has 6 heteroatoms. The van der Waals surface area contributed by atoms with Crippen LogP contribution in [0.3, 0.4) is 0 Å². The Morgan fingerprint density at radius 3 is 2.59 bits per heavy atom. The summed E-state index contributed by atoms with van der Waals surface area (Å²) in [5, 5.41) is 7.24. The summed E-state index contributed by atoms with van der Waals surface area (Å²) in [4.78, 5) is 28.3. The van der Waals surface area contributed by atoms with Crippen molar-refractivity contribution >= 4 is 34.8 Å². The van der Waals surface area contributed by atoms with Gasteiger partial charge in [-0.15, -0.1) is 0 Å². The fourth-order valence-electron chi connectivity index (χ4n) is 5.23. The molecule has 5 nitrogen and oxygen atoms in total. The second-order valence-corrected chi connectivity index (χ2v) is 9.66. The molecule has 34 heavy (non-hydrogen) atoms. The third-order valence-corrected chi connectivity index (χ3v) is 7.27. The van der Waals surface area contributed by atoms with Gasteiger partial charge >= 0.3 is 0 Å². The molecule has 2 amide bonds. The van der Waals surface area contributed by atoms with Gasteiger partial charge in [0.25, 0.3) is 11.8 Å².